The van der Waals surface area contributed by atoms with Crippen molar-refractivity contribution in [2.24, 2.45) is 0 Å². The van der Waals surface area contributed by atoms with Gasteiger partial charge in [0.1, 0.15) is 60.0 Å². The van der Waals surface area contributed by atoms with Crippen LogP contribution in [0.2, 0.25) is 0 Å². The van der Waals surface area contributed by atoms with Crippen LogP contribution in [0.1, 0.15) is 50.3 Å². The van der Waals surface area contributed by atoms with Crippen molar-refractivity contribution in [1.29, 1.82) is 0 Å². The minimum Gasteiger partial charge on any atom is -0.481 e. The van der Waals surface area contributed by atoms with Crippen molar-refractivity contribution in [3.63, 3.8) is 0 Å². The summed E-state index contributed by atoms with van der Waals surface area (Å²) in [4.78, 5) is 190. The van der Waals surface area contributed by atoms with Gasteiger partial charge in [0.05, 0.1) is 45.6 Å². The smallest absolute Gasteiger partial charge is 0.328 e. The van der Waals surface area contributed by atoms with Crippen molar-refractivity contribution in [3.05, 3.63) is 74.6 Å². The van der Waals surface area contributed by atoms with Gasteiger partial charge in [0.2, 0.25) is 35.4 Å². The van der Waals surface area contributed by atoms with Crippen LogP contribution in [-0.4, -0.2) is 277 Å². The van der Waals surface area contributed by atoms with E-state index in [0.717, 1.165) is 0 Å². The summed E-state index contributed by atoms with van der Waals surface area (Å²) >= 11 is 0. The van der Waals surface area contributed by atoms with Crippen molar-refractivity contribution >= 4 is 83.0 Å². The number of aromatic amines is 1. The summed E-state index contributed by atoms with van der Waals surface area (Å²) in [5.74, 6) is -12.7. The highest BCUT2D eigenvalue weighted by atomic mass is 16.4. The van der Waals surface area contributed by atoms with Crippen LogP contribution in [0.5, 0.6) is 0 Å². The second-order valence-electron chi connectivity index (χ2n) is 21.1. The summed E-state index contributed by atoms with van der Waals surface area (Å²) in [6.07, 6.45) is 1.58. The Kier molecular flexibility index (Phi) is 30.5. The molecule has 0 radical (unpaired) electrons. The Morgan fingerprint density at radius 2 is 1.08 bits per heavy atom. The van der Waals surface area contributed by atoms with Gasteiger partial charge >= 0.3 is 29.8 Å². The lowest BCUT2D eigenvalue weighted by Crippen LogP contribution is -2.60. The van der Waals surface area contributed by atoms with Gasteiger partial charge in [-0.3, -0.25) is 77.1 Å². The van der Waals surface area contributed by atoms with Crippen LogP contribution in [-0.2, 0) is 70.4 Å². The van der Waals surface area contributed by atoms with E-state index in [2.05, 4.69) is 52.5 Å². The maximum absolute atomic E-state index is 13.8. The fraction of sp³-hybridized carbons (Fsp3) is 0.545. The van der Waals surface area contributed by atoms with Crippen LogP contribution >= 0.6 is 0 Å². The normalized spacial score (nSPS) is 16.1. The Hall–Kier alpha value is -9.29. The predicted molar refractivity (Wildman–Crippen MR) is 314 cm³/mol. The molecule has 1 fully saturated rings. The monoisotopic (exact) mass is 1270 g/mol. The molecule has 1 aromatic heterocycles. The van der Waals surface area contributed by atoms with E-state index in [9.17, 15) is 103 Å². The number of nitrogens with one attached hydrogen (secondary N) is 9. The van der Waals surface area contributed by atoms with Gasteiger partial charge in [0.25, 0.3) is 10.9 Å². The fourth-order valence-electron chi connectivity index (χ4n) is 9.42. The van der Waals surface area contributed by atoms with Crippen molar-refractivity contribution in [2.45, 2.75) is 94.2 Å². The summed E-state index contributed by atoms with van der Waals surface area (Å²) in [5, 5.41) is 87.4. The first kappa shape index (κ1) is 73.2. The van der Waals surface area contributed by atoms with E-state index in [0.29, 0.717) is 11.8 Å². The van der Waals surface area contributed by atoms with Gasteiger partial charge in [0.15, 0.2) is 0 Å². The number of aliphatic carboxylic acids is 5. The molecule has 1 aliphatic heterocycles. The molecule has 494 valence electrons. The number of rotatable bonds is 38. The number of aliphatic hydroxyl groups is 2. The van der Waals surface area contributed by atoms with Crippen molar-refractivity contribution in [3.8, 4) is 0 Å². The van der Waals surface area contributed by atoms with E-state index in [1.165, 1.54) is 19.4 Å². The molecular weight excluding hydrogens is 1190 g/mol. The number of hydrogen-bond acceptors (Lipinski definition) is 23. The SMILES string of the molecule is C[C@H](NC(=O)[C@H](CC(=O)O)NC(=O)CCCNc1c(NCCCC(C(=O)O)N2CCN(CC=O)CCN(CC(=O)O)CCN(CC(=O)O)CC2)c(=O)c1=O)C(=O)N[C@@H](Cc1cnc[nH]1)C(=O)N[C@@H](CO)C(=O)N[C@@H](Cc1ccccc1)C(=O)N[C@@H](CO)C(=O)O. The Morgan fingerprint density at radius 1 is 0.578 bits per heavy atom. The van der Waals surface area contributed by atoms with E-state index in [4.69, 9.17) is 0 Å². The minimum absolute atomic E-state index is 0.00266. The highest BCUT2D eigenvalue weighted by Crippen LogP contribution is 2.17. The van der Waals surface area contributed by atoms with Crippen LogP contribution in [0.3, 0.4) is 0 Å². The lowest BCUT2D eigenvalue weighted by atomic mass is 10.0. The number of imidazole rings is 1. The van der Waals surface area contributed by atoms with Crippen LogP contribution in [0.25, 0.3) is 0 Å². The highest BCUT2D eigenvalue weighted by Gasteiger charge is 2.34. The molecule has 35 heteroatoms. The summed E-state index contributed by atoms with van der Waals surface area (Å²) in [6, 6.07) is -2.80. The van der Waals surface area contributed by atoms with Gasteiger partial charge in [-0.1, -0.05) is 30.3 Å². The third-order valence-corrected chi connectivity index (χ3v) is 14.3. The summed E-state index contributed by atoms with van der Waals surface area (Å²) < 4.78 is 0. The van der Waals surface area contributed by atoms with Crippen LogP contribution in [0, 0.1) is 0 Å². The standard InChI is InChI=1S/C55H78N14O21/c1-32(49(82)62-36(24-34-26-56-31-59-34)52(85)64-38(29-71)53(86)63-35(23-33-7-3-2-4-8-33)51(84)65-39(30-72)54(87)88)60-50(83)37(25-42(74)75)61-41(73)10-6-12-58-46-45(47(80)48(46)81)57-11-5-9-40(55(89)90)69-19-17-66(21-22-70)13-14-67(27-43(76)77)15-16-68(18-20-69)28-44(78)79/h2-4,7-8,22,26,31-32,35-40,57-58,71-72H,5-6,9-21,23-25,27-30H2,1H3,(H,56,59)(H,60,83)(H,61,73)(H,62,82)(H,63,86)(H,64,85)(H,65,84)(H,74,75)(H,76,77)(H,78,79)(H,87,88)(H,89,90)/t32-,35-,36-,37-,38-,39-,40?/m0/s1. The number of carboxylic acids is 5. The van der Waals surface area contributed by atoms with Gasteiger partial charge in [-0.15, -0.1) is 0 Å². The van der Waals surface area contributed by atoms with Gasteiger partial charge < -0.3 is 88.1 Å². The van der Waals surface area contributed by atoms with Gasteiger partial charge in [-0.05, 0) is 31.7 Å². The first-order chi connectivity index (χ1) is 42.8. The Morgan fingerprint density at radius 3 is 1.60 bits per heavy atom. The van der Waals surface area contributed by atoms with E-state index < -0.39 is 138 Å². The molecule has 35 nitrogen and oxygen atoms in total. The molecule has 1 aliphatic rings. The van der Waals surface area contributed by atoms with Crippen molar-refractivity contribution in [2.75, 3.05) is 109 Å². The number of benzene rings is 1. The van der Waals surface area contributed by atoms with Crippen LogP contribution in [0.15, 0.2) is 52.4 Å². The number of aromatic nitrogens is 2. The number of nitrogens with zero attached hydrogens (tertiary/aromatic N) is 5. The van der Waals surface area contributed by atoms with Crippen molar-refractivity contribution in [1.82, 2.24) is 61.5 Å². The molecule has 7 atom stereocenters. The Bertz CT molecular complexity index is 3000. The number of H-pyrrole nitrogens is 1. The van der Waals surface area contributed by atoms with Gasteiger partial charge in [-0.2, -0.15) is 0 Å². The first-order valence-corrected chi connectivity index (χ1v) is 28.6. The van der Waals surface area contributed by atoms with E-state index in [1.54, 1.807) is 49.9 Å². The number of aliphatic hydroxyl groups excluding tert-OH is 2. The second-order valence-corrected chi connectivity index (χ2v) is 21.1. The Balaban J connectivity index is 1.32. The molecule has 1 unspecified atom stereocenters. The number of aldehydes is 1. The molecule has 90 heavy (non-hydrogen) atoms. The zero-order valence-electron chi connectivity index (χ0n) is 49.3. The summed E-state index contributed by atoms with van der Waals surface area (Å²) in [7, 11) is 0. The maximum Gasteiger partial charge on any atom is 0.328 e. The van der Waals surface area contributed by atoms with Crippen LogP contribution in [0.4, 0.5) is 11.4 Å². The largest absolute Gasteiger partial charge is 0.481 e. The fourth-order valence-corrected chi connectivity index (χ4v) is 9.42. The molecular formula is C55H78N14O21. The average Bonchev–Trinajstić information content (AvgIpc) is 1.01. The predicted octanol–water partition coefficient (Wildman–Crippen LogP) is -6.61. The maximum atomic E-state index is 13.8. The summed E-state index contributed by atoms with van der Waals surface area (Å²) in [6.45, 7) is -0.154. The quantitative estimate of drug-likeness (QED) is 0.0144. The minimum atomic E-state index is -1.78. The van der Waals surface area contributed by atoms with Crippen molar-refractivity contribution < 1.29 is 93.3 Å². The topological polar surface area (TPSA) is 518 Å². The summed E-state index contributed by atoms with van der Waals surface area (Å²) in [5.41, 5.74) is -1.16. The third kappa shape index (κ3) is 24.7. The Labute approximate surface area is 514 Å². The molecule has 4 rings (SSSR count). The zero-order chi connectivity index (χ0) is 66.5. The van der Waals surface area contributed by atoms with Crippen LogP contribution < -0.4 is 53.4 Å². The second kappa shape index (κ2) is 37.5. The number of anilines is 2. The number of carbonyl (C=O) groups is 12. The molecule has 0 spiro atoms. The molecule has 0 bridgehead atoms. The average molecular weight is 1270 g/mol. The molecule has 1 saturated heterocycles. The van der Waals surface area contributed by atoms with E-state index >= 15 is 0 Å². The first-order valence-electron chi connectivity index (χ1n) is 28.6. The number of carbonyl (C=O) groups excluding carboxylic acids is 7. The molecule has 16 N–H and O–H groups in total. The zero-order valence-corrected chi connectivity index (χ0v) is 49.3. The number of amides is 6. The molecule has 0 saturated carbocycles. The van der Waals surface area contributed by atoms with E-state index in [1.807, 2.05) is 0 Å². The molecule has 3 aromatic rings. The van der Waals surface area contributed by atoms with Gasteiger partial charge in [-0.25, -0.2) is 9.78 Å². The van der Waals surface area contributed by atoms with E-state index in [-0.39, 0.29) is 141 Å². The lowest BCUT2D eigenvalue weighted by Gasteiger charge is -2.35. The molecule has 2 aromatic carbocycles. The molecule has 6 amide bonds. The molecule has 2 heterocycles. The highest BCUT2D eigenvalue weighted by molar-refractivity contribution is 5.97. The molecule has 0 aliphatic carbocycles. The lowest BCUT2D eigenvalue weighted by molar-refractivity contribution is -0.144. The third-order valence-electron chi connectivity index (χ3n) is 14.3. The number of carboxylic acid groups (broad SMARTS) is 5. The number of hydrogen-bond donors (Lipinski definition) is 16. The van der Waals surface area contributed by atoms with Gasteiger partial charge in [0, 0.05) is 96.6 Å².